The highest BCUT2D eigenvalue weighted by Gasteiger charge is 1.99. The lowest BCUT2D eigenvalue weighted by Crippen LogP contribution is -1.85. The fourth-order valence-electron chi connectivity index (χ4n) is 1.34. The second-order valence-electron chi connectivity index (χ2n) is 3.45. The molecule has 0 aliphatic rings. The van der Waals surface area contributed by atoms with Gasteiger partial charge in [-0.25, -0.2) is 4.98 Å². The normalized spacial score (nSPS) is 10.2. The molecule has 2 rings (SSSR count). The maximum Gasteiger partial charge on any atom is 0.118 e. The monoisotopic (exact) mass is 265 g/mol. The number of benzene rings is 1. The summed E-state index contributed by atoms with van der Waals surface area (Å²) < 4.78 is 5.11. The molecule has 0 unspecified atom stereocenters. The minimum Gasteiger partial charge on any atom is -0.497 e. The van der Waals surface area contributed by atoms with E-state index in [0.717, 1.165) is 21.6 Å². The Balaban J connectivity index is 1.97. The molecule has 1 aromatic heterocycles. The summed E-state index contributed by atoms with van der Waals surface area (Å²) in [4.78, 5) is 4.24. The molecule has 0 aliphatic carbocycles. The largest absolute Gasteiger partial charge is 0.497 e. The molecule has 0 saturated carbocycles. The first-order valence-electron chi connectivity index (χ1n) is 5.15. The number of methoxy groups -OCH3 is 1. The molecule has 0 saturated heterocycles. The van der Waals surface area contributed by atoms with E-state index in [9.17, 15) is 0 Å². The van der Waals surface area contributed by atoms with E-state index in [1.165, 1.54) is 5.56 Å². The van der Waals surface area contributed by atoms with E-state index in [-0.39, 0.29) is 0 Å². The molecule has 0 atom stereocenters. The third-order valence-electron chi connectivity index (χ3n) is 2.24. The minimum atomic E-state index is 0.720. The smallest absolute Gasteiger partial charge is 0.118 e. The Morgan fingerprint density at radius 3 is 2.65 bits per heavy atom. The number of ether oxygens (including phenoxy) is 1. The van der Waals surface area contributed by atoms with Crippen molar-refractivity contribution in [3.8, 4) is 5.75 Å². The number of hydrogen-bond acceptors (Lipinski definition) is 3. The molecule has 4 heteroatoms. The van der Waals surface area contributed by atoms with Crippen LogP contribution >= 0.6 is 23.4 Å². The molecule has 17 heavy (non-hydrogen) atoms. The van der Waals surface area contributed by atoms with Gasteiger partial charge < -0.3 is 4.74 Å². The maximum atomic E-state index is 5.90. The third kappa shape index (κ3) is 3.65. The van der Waals surface area contributed by atoms with E-state index < -0.39 is 0 Å². The summed E-state index contributed by atoms with van der Waals surface area (Å²) in [6.07, 6.45) is 1.72. The van der Waals surface area contributed by atoms with Crippen molar-refractivity contribution in [3.05, 3.63) is 53.2 Å². The van der Waals surface area contributed by atoms with Crippen molar-refractivity contribution in [1.82, 2.24) is 4.98 Å². The summed E-state index contributed by atoms with van der Waals surface area (Å²) in [6, 6.07) is 11.7. The Bertz CT molecular complexity index is 487. The van der Waals surface area contributed by atoms with Gasteiger partial charge in [0.25, 0.3) is 0 Å². The van der Waals surface area contributed by atoms with Crippen molar-refractivity contribution in [1.29, 1.82) is 0 Å². The van der Waals surface area contributed by atoms with Crippen LogP contribution in [-0.4, -0.2) is 12.1 Å². The van der Waals surface area contributed by atoms with E-state index in [4.69, 9.17) is 16.3 Å². The average molecular weight is 266 g/mol. The highest BCUT2D eigenvalue weighted by Crippen LogP contribution is 2.23. The summed E-state index contributed by atoms with van der Waals surface area (Å²) in [5, 5.41) is 1.66. The Morgan fingerprint density at radius 1 is 1.24 bits per heavy atom. The first-order chi connectivity index (χ1) is 8.28. The fraction of sp³-hybridized carbons (Fsp3) is 0.154. The lowest BCUT2D eigenvalue weighted by molar-refractivity contribution is 0.414. The van der Waals surface area contributed by atoms with Gasteiger partial charge >= 0.3 is 0 Å². The molecular formula is C13H12ClNOS. The van der Waals surface area contributed by atoms with E-state index >= 15 is 0 Å². The Kier molecular flexibility index (Phi) is 4.29. The van der Waals surface area contributed by atoms with Gasteiger partial charge in [0.15, 0.2) is 0 Å². The Hall–Kier alpha value is -1.19. The first kappa shape index (κ1) is 12.3. The topological polar surface area (TPSA) is 22.1 Å². The van der Waals surface area contributed by atoms with E-state index in [0.29, 0.717) is 0 Å². The highest BCUT2D eigenvalue weighted by atomic mass is 35.5. The summed E-state index contributed by atoms with van der Waals surface area (Å²) in [7, 11) is 1.67. The zero-order valence-corrected chi connectivity index (χ0v) is 11.0. The summed E-state index contributed by atoms with van der Waals surface area (Å²) in [5.41, 5.74) is 1.23. The van der Waals surface area contributed by atoms with Crippen LogP contribution in [0.15, 0.2) is 47.6 Å². The molecule has 2 nitrogen and oxygen atoms in total. The number of hydrogen-bond donors (Lipinski definition) is 0. The quantitative estimate of drug-likeness (QED) is 0.779. The second-order valence-corrected chi connectivity index (χ2v) is 4.88. The van der Waals surface area contributed by atoms with Crippen molar-refractivity contribution in [2.24, 2.45) is 0 Å². The molecule has 2 aromatic rings. The number of pyridine rings is 1. The van der Waals surface area contributed by atoms with E-state index in [1.807, 2.05) is 18.2 Å². The molecule has 1 aromatic carbocycles. The predicted octanol–water partition coefficient (Wildman–Crippen LogP) is 4.04. The van der Waals surface area contributed by atoms with Crippen LogP contribution in [0.25, 0.3) is 0 Å². The number of nitrogens with zero attached hydrogens (tertiary/aromatic N) is 1. The minimum absolute atomic E-state index is 0.720. The van der Waals surface area contributed by atoms with Crippen molar-refractivity contribution in [3.63, 3.8) is 0 Å². The lowest BCUT2D eigenvalue weighted by atomic mass is 10.2. The summed E-state index contributed by atoms with van der Waals surface area (Å²) in [6.45, 7) is 0. The maximum absolute atomic E-state index is 5.90. The molecule has 0 N–H and O–H groups in total. The Morgan fingerprint density at radius 2 is 2.00 bits per heavy atom. The molecular weight excluding hydrogens is 254 g/mol. The van der Waals surface area contributed by atoms with Crippen molar-refractivity contribution in [2.45, 2.75) is 10.8 Å². The zero-order valence-electron chi connectivity index (χ0n) is 9.39. The zero-order chi connectivity index (χ0) is 12.1. The third-order valence-corrected chi connectivity index (χ3v) is 3.47. The van der Waals surface area contributed by atoms with Gasteiger partial charge in [0.1, 0.15) is 5.75 Å². The molecule has 1 heterocycles. The molecule has 88 valence electrons. The molecule has 0 fully saturated rings. The second kappa shape index (κ2) is 5.94. The number of halogens is 1. The van der Waals surface area contributed by atoms with Crippen molar-refractivity contribution < 1.29 is 4.74 Å². The summed E-state index contributed by atoms with van der Waals surface area (Å²) in [5.74, 6) is 1.75. The van der Waals surface area contributed by atoms with Gasteiger partial charge in [-0.3, -0.25) is 0 Å². The van der Waals surface area contributed by atoms with Gasteiger partial charge in [-0.15, -0.1) is 11.8 Å². The van der Waals surface area contributed by atoms with Crippen LogP contribution in [-0.2, 0) is 5.75 Å². The van der Waals surface area contributed by atoms with Gasteiger partial charge in [0.2, 0.25) is 0 Å². The number of thioether (sulfide) groups is 1. The van der Waals surface area contributed by atoms with Gasteiger partial charge in [-0.2, -0.15) is 0 Å². The molecule has 0 bridgehead atoms. The molecule has 0 spiro atoms. The van der Waals surface area contributed by atoms with Crippen LogP contribution in [0.3, 0.4) is 0 Å². The van der Waals surface area contributed by atoms with Crippen LogP contribution in [0, 0.1) is 0 Å². The van der Waals surface area contributed by atoms with Crippen molar-refractivity contribution in [2.75, 3.05) is 7.11 Å². The van der Waals surface area contributed by atoms with E-state index in [2.05, 4.69) is 17.1 Å². The summed E-state index contributed by atoms with van der Waals surface area (Å²) >= 11 is 7.56. The lowest BCUT2D eigenvalue weighted by Gasteiger charge is -2.03. The van der Waals surface area contributed by atoms with Crippen molar-refractivity contribution >= 4 is 23.4 Å². The van der Waals surface area contributed by atoms with Gasteiger partial charge in [-0.05, 0) is 29.8 Å². The highest BCUT2D eigenvalue weighted by molar-refractivity contribution is 7.98. The Labute approximate surface area is 110 Å². The van der Waals surface area contributed by atoms with Crippen LogP contribution in [0.2, 0.25) is 5.02 Å². The van der Waals surface area contributed by atoms with E-state index in [1.54, 1.807) is 31.1 Å². The van der Waals surface area contributed by atoms with Gasteiger partial charge in [-0.1, -0.05) is 23.7 Å². The average Bonchev–Trinajstić information content (AvgIpc) is 2.37. The van der Waals surface area contributed by atoms with Crippen LogP contribution in [0.4, 0.5) is 0 Å². The molecule has 0 radical (unpaired) electrons. The number of rotatable bonds is 4. The standard InChI is InChI=1S/C13H12ClNOS/c1-16-12-4-2-10(3-5-12)9-17-13-8-11(14)6-7-15-13/h2-8H,9H2,1H3. The van der Waals surface area contributed by atoms with Crippen LogP contribution < -0.4 is 4.74 Å². The van der Waals surface area contributed by atoms with Crippen LogP contribution in [0.5, 0.6) is 5.75 Å². The molecule has 0 aliphatic heterocycles. The number of aromatic nitrogens is 1. The van der Waals surface area contributed by atoms with Crippen LogP contribution in [0.1, 0.15) is 5.56 Å². The molecule has 0 amide bonds. The van der Waals surface area contributed by atoms with Gasteiger partial charge in [0, 0.05) is 17.0 Å². The fourth-order valence-corrected chi connectivity index (χ4v) is 2.42. The first-order valence-corrected chi connectivity index (χ1v) is 6.51. The predicted molar refractivity (Wildman–Crippen MR) is 71.8 cm³/mol. The van der Waals surface area contributed by atoms with Gasteiger partial charge in [0.05, 0.1) is 12.1 Å². The SMILES string of the molecule is COc1ccc(CSc2cc(Cl)ccn2)cc1.